The lowest BCUT2D eigenvalue weighted by Crippen LogP contribution is -2.33. The van der Waals surface area contributed by atoms with E-state index in [1.54, 1.807) is 18.4 Å². The van der Waals surface area contributed by atoms with Crippen molar-refractivity contribution in [1.29, 1.82) is 0 Å². The summed E-state index contributed by atoms with van der Waals surface area (Å²) in [6, 6.07) is 14.6. The summed E-state index contributed by atoms with van der Waals surface area (Å²) in [7, 11) is 3.88. The smallest absolute Gasteiger partial charge is 0.253 e. The van der Waals surface area contributed by atoms with E-state index in [2.05, 4.69) is 29.1 Å². The number of fused-ring (bicyclic) bond motifs is 2. The maximum absolute atomic E-state index is 13.1. The van der Waals surface area contributed by atoms with Crippen molar-refractivity contribution in [2.24, 2.45) is 11.8 Å². The van der Waals surface area contributed by atoms with Crippen LogP contribution in [0, 0.1) is 11.8 Å². The third-order valence-corrected chi connectivity index (χ3v) is 7.01. The van der Waals surface area contributed by atoms with Crippen molar-refractivity contribution in [3.05, 3.63) is 59.1 Å². The third kappa shape index (κ3) is 2.88. The lowest BCUT2D eigenvalue weighted by molar-refractivity contribution is 0.0768. The van der Waals surface area contributed by atoms with E-state index in [-0.39, 0.29) is 5.91 Å². The first-order valence-corrected chi connectivity index (χ1v) is 10.5. The number of ether oxygens (including phenoxy) is 1. The summed E-state index contributed by atoms with van der Waals surface area (Å²) < 4.78 is 6.37. The standard InChI is InChI=1S/C22H23N3O2S/c1-24-10-16-11-25(22(26)15-5-8-19-20(9-15)28-13-23-19)12-18(16)21(24)14-3-6-17(27-2)7-4-14/h3-9,13,16,18,21H,10-12H2,1-2H3/t16-,18+,21+/m0/s1. The van der Waals surface area contributed by atoms with E-state index in [9.17, 15) is 4.79 Å². The molecular formula is C22H23N3O2S. The Labute approximate surface area is 168 Å². The molecule has 2 aliphatic heterocycles. The highest BCUT2D eigenvalue weighted by Gasteiger charge is 2.47. The van der Waals surface area contributed by atoms with E-state index in [1.807, 2.05) is 40.7 Å². The Hall–Kier alpha value is -2.44. The van der Waals surface area contributed by atoms with Crippen LogP contribution in [0.1, 0.15) is 22.0 Å². The first-order valence-electron chi connectivity index (χ1n) is 9.61. The van der Waals surface area contributed by atoms with E-state index in [1.165, 1.54) is 5.56 Å². The van der Waals surface area contributed by atoms with E-state index >= 15 is 0 Å². The summed E-state index contributed by atoms with van der Waals surface area (Å²) in [4.78, 5) is 21.9. The molecule has 28 heavy (non-hydrogen) atoms. The van der Waals surface area contributed by atoms with Crippen molar-refractivity contribution in [2.75, 3.05) is 33.8 Å². The highest BCUT2D eigenvalue weighted by molar-refractivity contribution is 7.16. The van der Waals surface area contributed by atoms with Crippen molar-refractivity contribution < 1.29 is 9.53 Å². The van der Waals surface area contributed by atoms with Gasteiger partial charge >= 0.3 is 0 Å². The molecular weight excluding hydrogens is 370 g/mol. The summed E-state index contributed by atoms with van der Waals surface area (Å²) >= 11 is 1.58. The Morgan fingerprint density at radius 1 is 1.14 bits per heavy atom. The second-order valence-corrected chi connectivity index (χ2v) is 8.71. The van der Waals surface area contributed by atoms with Crippen LogP contribution in [0.4, 0.5) is 0 Å². The molecule has 0 unspecified atom stereocenters. The van der Waals surface area contributed by atoms with Crippen molar-refractivity contribution in [3.63, 3.8) is 0 Å². The maximum Gasteiger partial charge on any atom is 0.253 e. The molecule has 0 bridgehead atoms. The molecule has 0 aliphatic carbocycles. The van der Waals surface area contributed by atoms with Gasteiger partial charge in [-0.3, -0.25) is 9.69 Å². The van der Waals surface area contributed by atoms with Crippen LogP contribution in [-0.2, 0) is 0 Å². The van der Waals surface area contributed by atoms with Crippen LogP contribution in [-0.4, -0.2) is 54.5 Å². The predicted molar refractivity (Wildman–Crippen MR) is 111 cm³/mol. The van der Waals surface area contributed by atoms with Crippen LogP contribution in [0.5, 0.6) is 5.75 Å². The topological polar surface area (TPSA) is 45.7 Å². The number of thiazole rings is 1. The van der Waals surface area contributed by atoms with Gasteiger partial charge in [0.05, 0.1) is 22.8 Å². The molecule has 2 aromatic carbocycles. The van der Waals surface area contributed by atoms with Crippen LogP contribution in [0.15, 0.2) is 48.0 Å². The summed E-state index contributed by atoms with van der Waals surface area (Å²) in [5, 5.41) is 0. The van der Waals surface area contributed by atoms with Gasteiger partial charge in [0.2, 0.25) is 0 Å². The molecule has 0 saturated carbocycles. The molecule has 144 valence electrons. The minimum absolute atomic E-state index is 0.140. The average Bonchev–Trinajstić information content (AvgIpc) is 3.41. The number of hydrogen-bond donors (Lipinski definition) is 0. The molecule has 3 aromatic rings. The SMILES string of the molecule is COc1ccc([C@@H]2[C@@H]3CN(C(=O)c4ccc5ncsc5c4)C[C@@H]3CN2C)cc1. The van der Waals surface area contributed by atoms with Gasteiger partial charge in [0.25, 0.3) is 5.91 Å². The second kappa shape index (κ2) is 6.87. The summed E-state index contributed by atoms with van der Waals surface area (Å²) in [6.45, 7) is 2.67. The summed E-state index contributed by atoms with van der Waals surface area (Å²) in [6.07, 6.45) is 0. The number of likely N-dealkylation sites (tertiary alicyclic amines) is 2. The quantitative estimate of drug-likeness (QED) is 0.681. The predicted octanol–water partition coefficient (Wildman–Crippen LogP) is 3.68. The normalized spacial score (nSPS) is 24.6. The first kappa shape index (κ1) is 17.6. The minimum atomic E-state index is 0.140. The fourth-order valence-corrected chi connectivity index (χ4v) is 5.61. The van der Waals surface area contributed by atoms with Crippen LogP contribution < -0.4 is 4.74 Å². The Bertz CT molecular complexity index is 1020. The van der Waals surface area contributed by atoms with Crippen molar-refractivity contribution in [1.82, 2.24) is 14.8 Å². The molecule has 2 aliphatic rings. The molecule has 0 spiro atoms. The van der Waals surface area contributed by atoms with E-state index in [0.29, 0.717) is 17.9 Å². The highest BCUT2D eigenvalue weighted by Crippen LogP contribution is 2.44. The molecule has 5 rings (SSSR count). The largest absolute Gasteiger partial charge is 0.497 e. The number of carbonyl (C=O) groups excluding carboxylic acids is 1. The average molecular weight is 394 g/mol. The maximum atomic E-state index is 13.1. The van der Waals surface area contributed by atoms with Gasteiger partial charge in [-0.1, -0.05) is 12.1 Å². The number of methoxy groups -OCH3 is 1. The molecule has 6 heteroatoms. The van der Waals surface area contributed by atoms with Gasteiger partial charge in [-0.15, -0.1) is 11.3 Å². The number of rotatable bonds is 3. The van der Waals surface area contributed by atoms with Crippen molar-refractivity contribution >= 4 is 27.5 Å². The van der Waals surface area contributed by atoms with Gasteiger partial charge in [0, 0.05) is 37.2 Å². The van der Waals surface area contributed by atoms with Gasteiger partial charge in [0.15, 0.2) is 0 Å². The first-order chi connectivity index (χ1) is 13.6. The molecule has 0 N–H and O–H groups in total. The summed E-state index contributed by atoms with van der Waals surface area (Å²) in [5.41, 5.74) is 4.86. The fourth-order valence-electron chi connectivity index (χ4n) is 4.90. The number of aromatic nitrogens is 1. The molecule has 2 fully saturated rings. The van der Waals surface area contributed by atoms with Gasteiger partial charge in [-0.2, -0.15) is 0 Å². The monoisotopic (exact) mass is 393 g/mol. The zero-order valence-corrected chi connectivity index (χ0v) is 16.9. The lowest BCUT2D eigenvalue weighted by Gasteiger charge is -2.27. The Morgan fingerprint density at radius 2 is 1.96 bits per heavy atom. The van der Waals surface area contributed by atoms with Gasteiger partial charge in [0.1, 0.15) is 5.75 Å². The van der Waals surface area contributed by atoms with Crippen LogP contribution in [0.25, 0.3) is 10.2 Å². The molecule has 1 amide bonds. The van der Waals surface area contributed by atoms with Gasteiger partial charge < -0.3 is 9.64 Å². The Balaban J connectivity index is 1.37. The molecule has 3 atom stereocenters. The van der Waals surface area contributed by atoms with Gasteiger partial charge in [-0.25, -0.2) is 4.98 Å². The number of nitrogens with zero attached hydrogens (tertiary/aromatic N) is 3. The van der Waals surface area contributed by atoms with E-state index in [0.717, 1.165) is 41.2 Å². The Morgan fingerprint density at radius 3 is 2.75 bits per heavy atom. The highest BCUT2D eigenvalue weighted by atomic mass is 32.1. The molecule has 1 aromatic heterocycles. The van der Waals surface area contributed by atoms with Crippen molar-refractivity contribution in [2.45, 2.75) is 6.04 Å². The van der Waals surface area contributed by atoms with E-state index < -0.39 is 0 Å². The third-order valence-electron chi connectivity index (χ3n) is 6.22. The number of benzene rings is 2. The minimum Gasteiger partial charge on any atom is -0.497 e. The fraction of sp³-hybridized carbons (Fsp3) is 0.364. The zero-order chi connectivity index (χ0) is 19.3. The van der Waals surface area contributed by atoms with Crippen LogP contribution in [0.2, 0.25) is 0 Å². The molecule has 2 saturated heterocycles. The lowest BCUT2D eigenvalue weighted by atomic mass is 9.89. The number of carbonyl (C=O) groups is 1. The van der Waals surface area contributed by atoms with Gasteiger partial charge in [-0.05, 0) is 48.9 Å². The van der Waals surface area contributed by atoms with E-state index in [4.69, 9.17) is 4.74 Å². The Kier molecular flexibility index (Phi) is 4.33. The van der Waals surface area contributed by atoms with Crippen LogP contribution in [0.3, 0.4) is 0 Å². The molecule has 0 radical (unpaired) electrons. The molecule has 5 nitrogen and oxygen atoms in total. The number of hydrogen-bond acceptors (Lipinski definition) is 5. The zero-order valence-electron chi connectivity index (χ0n) is 16.0. The summed E-state index contributed by atoms with van der Waals surface area (Å²) in [5.74, 6) is 2.01. The van der Waals surface area contributed by atoms with Crippen molar-refractivity contribution in [3.8, 4) is 5.75 Å². The van der Waals surface area contributed by atoms with Crippen LogP contribution >= 0.6 is 11.3 Å². The second-order valence-electron chi connectivity index (χ2n) is 7.83. The number of amides is 1. The molecule has 3 heterocycles.